The monoisotopic (exact) mass is 333 g/mol. The van der Waals surface area contributed by atoms with Crippen LogP contribution in [0.15, 0.2) is 16.5 Å². The van der Waals surface area contributed by atoms with Crippen molar-refractivity contribution in [1.82, 2.24) is 5.32 Å². The maximum Gasteiger partial charge on any atom is 0.408 e. The Bertz CT molecular complexity index is 562. The number of alkyl carbamates (subject to hydrolysis) is 1. The molecular weight excluding hydrogens is 312 g/mol. The van der Waals surface area contributed by atoms with Crippen molar-refractivity contribution in [3.63, 3.8) is 0 Å². The lowest BCUT2D eigenvalue weighted by molar-refractivity contribution is -0.176. The standard InChI is InChI=1S/C15H21F2NO5/c1-6-21-12(19)15(16,17)11(10-8-7-9(2)22-10)18-13(20)23-14(3,4)5/h7-8,11H,6H2,1-5H3,(H,18,20). The third-order valence-corrected chi connectivity index (χ3v) is 2.62. The second kappa shape index (κ2) is 6.97. The Balaban J connectivity index is 3.08. The predicted octanol–water partition coefficient (Wildman–Crippen LogP) is 3.35. The van der Waals surface area contributed by atoms with Crippen molar-refractivity contribution < 1.29 is 32.3 Å². The first kappa shape index (κ1) is 18.9. The van der Waals surface area contributed by atoms with Gasteiger partial charge in [0.2, 0.25) is 0 Å². The number of rotatable bonds is 5. The van der Waals surface area contributed by atoms with Crippen LogP contribution in [0.3, 0.4) is 0 Å². The van der Waals surface area contributed by atoms with E-state index in [0.29, 0.717) is 5.76 Å². The quantitative estimate of drug-likeness (QED) is 0.836. The van der Waals surface area contributed by atoms with Crippen LogP contribution in [0.1, 0.15) is 45.3 Å². The topological polar surface area (TPSA) is 77.8 Å². The number of furan rings is 1. The van der Waals surface area contributed by atoms with E-state index >= 15 is 0 Å². The van der Waals surface area contributed by atoms with Crippen molar-refractivity contribution in [2.75, 3.05) is 6.61 Å². The zero-order valence-electron chi connectivity index (χ0n) is 13.7. The second-order valence-electron chi connectivity index (χ2n) is 5.87. The van der Waals surface area contributed by atoms with Gasteiger partial charge in [-0.25, -0.2) is 9.59 Å². The molecule has 1 N–H and O–H groups in total. The average Bonchev–Trinajstić information content (AvgIpc) is 2.80. The van der Waals surface area contributed by atoms with E-state index < -0.39 is 29.6 Å². The molecule has 0 saturated carbocycles. The molecule has 0 bridgehead atoms. The SMILES string of the molecule is CCOC(=O)C(F)(F)C(NC(=O)OC(C)(C)C)c1ccc(C)o1. The highest BCUT2D eigenvalue weighted by atomic mass is 19.3. The molecule has 1 aromatic heterocycles. The Hall–Kier alpha value is -2.12. The van der Waals surface area contributed by atoms with Crippen molar-refractivity contribution in [2.24, 2.45) is 0 Å². The molecule has 0 saturated heterocycles. The van der Waals surface area contributed by atoms with Crippen LogP contribution in [0.2, 0.25) is 0 Å². The molecule has 6 nitrogen and oxygen atoms in total. The number of carbonyl (C=O) groups excluding carboxylic acids is 2. The van der Waals surface area contributed by atoms with E-state index in [-0.39, 0.29) is 12.4 Å². The summed E-state index contributed by atoms with van der Waals surface area (Å²) >= 11 is 0. The lowest BCUT2D eigenvalue weighted by atomic mass is 10.1. The third kappa shape index (κ3) is 5.22. The van der Waals surface area contributed by atoms with Gasteiger partial charge in [0, 0.05) is 0 Å². The molecule has 1 heterocycles. The minimum Gasteiger partial charge on any atom is -0.464 e. The van der Waals surface area contributed by atoms with Crippen molar-refractivity contribution in [1.29, 1.82) is 0 Å². The van der Waals surface area contributed by atoms with Gasteiger partial charge in [0.05, 0.1) is 6.61 Å². The molecule has 1 aromatic rings. The van der Waals surface area contributed by atoms with Gasteiger partial charge < -0.3 is 19.2 Å². The molecule has 8 heteroatoms. The highest BCUT2D eigenvalue weighted by Gasteiger charge is 2.52. The van der Waals surface area contributed by atoms with Crippen molar-refractivity contribution in [3.05, 3.63) is 23.7 Å². The largest absolute Gasteiger partial charge is 0.464 e. The van der Waals surface area contributed by atoms with Gasteiger partial charge in [0.15, 0.2) is 6.04 Å². The summed E-state index contributed by atoms with van der Waals surface area (Å²) in [6.45, 7) is 7.50. The Morgan fingerprint density at radius 3 is 2.35 bits per heavy atom. The van der Waals surface area contributed by atoms with E-state index in [4.69, 9.17) is 9.15 Å². The van der Waals surface area contributed by atoms with Crippen molar-refractivity contribution in [3.8, 4) is 0 Å². The van der Waals surface area contributed by atoms with Crippen LogP contribution in [0.5, 0.6) is 0 Å². The second-order valence-corrected chi connectivity index (χ2v) is 5.87. The molecule has 23 heavy (non-hydrogen) atoms. The number of nitrogens with one attached hydrogen (secondary N) is 1. The van der Waals surface area contributed by atoms with Crippen LogP contribution in [-0.2, 0) is 14.3 Å². The minimum atomic E-state index is -4.02. The summed E-state index contributed by atoms with van der Waals surface area (Å²) in [5, 5.41) is 1.98. The van der Waals surface area contributed by atoms with E-state index in [1.807, 2.05) is 5.32 Å². The normalized spacial score (nSPS) is 13.3. The van der Waals surface area contributed by atoms with Crippen LogP contribution < -0.4 is 5.32 Å². The smallest absolute Gasteiger partial charge is 0.408 e. The van der Waals surface area contributed by atoms with E-state index in [1.165, 1.54) is 19.1 Å². The molecule has 0 aliphatic heterocycles. The first-order valence-corrected chi connectivity index (χ1v) is 7.08. The van der Waals surface area contributed by atoms with Gasteiger partial charge in [0.25, 0.3) is 0 Å². The molecule has 0 aromatic carbocycles. The summed E-state index contributed by atoms with van der Waals surface area (Å²) in [5.41, 5.74) is -0.882. The maximum absolute atomic E-state index is 14.4. The molecule has 1 amide bonds. The maximum atomic E-state index is 14.4. The van der Waals surface area contributed by atoms with Crippen LogP contribution >= 0.6 is 0 Å². The third-order valence-electron chi connectivity index (χ3n) is 2.62. The molecular formula is C15H21F2NO5. The number of esters is 1. The van der Waals surface area contributed by atoms with E-state index in [2.05, 4.69) is 4.74 Å². The highest BCUT2D eigenvalue weighted by Crippen LogP contribution is 2.34. The molecule has 0 spiro atoms. The predicted molar refractivity (Wildman–Crippen MR) is 77.1 cm³/mol. The Labute approximate surface area is 133 Å². The Morgan fingerprint density at radius 2 is 1.91 bits per heavy atom. The van der Waals surface area contributed by atoms with Crippen LogP contribution in [0.4, 0.5) is 13.6 Å². The first-order chi connectivity index (χ1) is 10.5. The highest BCUT2D eigenvalue weighted by molar-refractivity contribution is 5.80. The van der Waals surface area contributed by atoms with Crippen LogP contribution in [-0.4, -0.2) is 30.2 Å². The van der Waals surface area contributed by atoms with Gasteiger partial charge in [-0.05, 0) is 46.8 Å². The number of aryl methyl sites for hydroxylation is 1. The summed E-state index contributed by atoms with van der Waals surface area (Å²) in [6.07, 6.45) is -1.10. The van der Waals surface area contributed by atoms with Gasteiger partial charge in [0.1, 0.15) is 17.1 Å². The van der Waals surface area contributed by atoms with Gasteiger partial charge in [-0.2, -0.15) is 8.78 Å². The Morgan fingerprint density at radius 1 is 1.30 bits per heavy atom. The van der Waals surface area contributed by atoms with E-state index in [0.717, 1.165) is 0 Å². The van der Waals surface area contributed by atoms with Crippen molar-refractivity contribution >= 4 is 12.1 Å². The molecule has 0 radical (unpaired) electrons. The summed E-state index contributed by atoms with van der Waals surface area (Å²) in [6, 6.07) is 0.662. The van der Waals surface area contributed by atoms with E-state index in [9.17, 15) is 18.4 Å². The number of carbonyl (C=O) groups is 2. The van der Waals surface area contributed by atoms with Crippen LogP contribution in [0, 0.1) is 6.92 Å². The molecule has 0 fully saturated rings. The summed E-state index contributed by atoms with van der Waals surface area (Å²) in [4.78, 5) is 23.4. The Kier molecular flexibility index (Phi) is 5.74. The number of hydrogen-bond acceptors (Lipinski definition) is 5. The molecule has 0 aliphatic rings. The summed E-state index contributed by atoms with van der Waals surface area (Å²) < 4.78 is 43.2. The lowest BCUT2D eigenvalue weighted by Crippen LogP contribution is -2.47. The zero-order chi connectivity index (χ0) is 17.8. The van der Waals surface area contributed by atoms with Gasteiger partial charge in [-0.3, -0.25) is 0 Å². The fraction of sp³-hybridized carbons (Fsp3) is 0.600. The molecule has 0 aliphatic carbocycles. The summed E-state index contributed by atoms with van der Waals surface area (Å²) in [7, 11) is 0. The van der Waals surface area contributed by atoms with E-state index in [1.54, 1.807) is 27.7 Å². The fourth-order valence-electron chi connectivity index (χ4n) is 1.72. The number of alkyl halides is 2. The van der Waals surface area contributed by atoms with Crippen molar-refractivity contribution in [2.45, 2.75) is 52.2 Å². The number of halogens is 2. The lowest BCUT2D eigenvalue weighted by Gasteiger charge is -2.26. The molecule has 130 valence electrons. The average molecular weight is 333 g/mol. The fourth-order valence-corrected chi connectivity index (χ4v) is 1.72. The van der Waals surface area contributed by atoms with Crippen LogP contribution in [0.25, 0.3) is 0 Å². The number of hydrogen-bond donors (Lipinski definition) is 1. The zero-order valence-corrected chi connectivity index (χ0v) is 13.7. The first-order valence-electron chi connectivity index (χ1n) is 7.08. The summed E-state index contributed by atoms with van der Waals surface area (Å²) in [5.74, 6) is -5.69. The molecule has 1 rings (SSSR count). The van der Waals surface area contributed by atoms with Gasteiger partial charge in [-0.15, -0.1) is 0 Å². The molecule has 1 unspecified atom stereocenters. The number of amides is 1. The van der Waals surface area contributed by atoms with Gasteiger partial charge in [-0.1, -0.05) is 0 Å². The number of ether oxygens (including phenoxy) is 2. The molecule has 1 atom stereocenters. The minimum absolute atomic E-state index is 0.217. The van der Waals surface area contributed by atoms with Gasteiger partial charge >= 0.3 is 18.0 Å².